The lowest BCUT2D eigenvalue weighted by atomic mass is 10.0. The number of rotatable bonds is 10. The molecule has 0 aromatic heterocycles. The smallest absolute Gasteiger partial charge is 0.162 e. The summed E-state index contributed by atoms with van der Waals surface area (Å²) in [4.78, 5) is 14.6. The first-order valence-corrected chi connectivity index (χ1v) is 9.47. The third-order valence-electron chi connectivity index (χ3n) is 3.91. The van der Waals surface area contributed by atoms with Crippen LogP contribution in [0.5, 0.6) is 0 Å². The van der Waals surface area contributed by atoms with Gasteiger partial charge in [-0.3, -0.25) is 4.79 Å². The largest absolute Gasteiger partial charge is 0.294 e. The van der Waals surface area contributed by atoms with E-state index in [2.05, 4.69) is 19.1 Å². The van der Waals surface area contributed by atoms with Gasteiger partial charge in [0.25, 0.3) is 0 Å². The van der Waals surface area contributed by atoms with Crippen LogP contribution in [0.15, 0.2) is 64.4 Å². The molecule has 0 bridgehead atoms. The minimum atomic E-state index is 0.275. The Hall–Kier alpha value is -1.54. The van der Waals surface area contributed by atoms with Crippen molar-refractivity contribution in [3.05, 3.63) is 60.2 Å². The van der Waals surface area contributed by atoms with E-state index in [1.165, 1.54) is 41.9 Å². The van der Waals surface area contributed by atoms with Crippen LogP contribution in [0.4, 0.5) is 0 Å². The Bertz CT molecular complexity index is 575. The summed E-state index contributed by atoms with van der Waals surface area (Å²) in [5.74, 6) is 0.275. The predicted molar refractivity (Wildman–Crippen MR) is 99.3 cm³/mol. The Labute approximate surface area is 144 Å². The highest BCUT2D eigenvalue weighted by molar-refractivity contribution is 7.99. The molecular weight excluding hydrogens is 300 g/mol. The predicted octanol–water partition coefficient (Wildman–Crippen LogP) is 6.77. The number of ketones is 1. The monoisotopic (exact) mass is 326 g/mol. The molecule has 0 fully saturated rings. The summed E-state index contributed by atoms with van der Waals surface area (Å²) in [5, 5.41) is 0. The molecule has 0 aliphatic rings. The van der Waals surface area contributed by atoms with Crippen molar-refractivity contribution in [3.8, 4) is 0 Å². The summed E-state index contributed by atoms with van der Waals surface area (Å²) in [7, 11) is 0. The van der Waals surface area contributed by atoms with Crippen LogP contribution >= 0.6 is 11.8 Å². The quantitative estimate of drug-likeness (QED) is 0.354. The average Bonchev–Trinajstić information content (AvgIpc) is 2.59. The van der Waals surface area contributed by atoms with Gasteiger partial charge in [0, 0.05) is 21.8 Å². The van der Waals surface area contributed by atoms with Gasteiger partial charge in [0.15, 0.2) is 5.78 Å². The Morgan fingerprint density at radius 1 is 0.783 bits per heavy atom. The van der Waals surface area contributed by atoms with E-state index in [9.17, 15) is 4.79 Å². The molecule has 1 nitrogen and oxygen atoms in total. The highest BCUT2D eigenvalue weighted by atomic mass is 32.2. The lowest BCUT2D eigenvalue weighted by Crippen LogP contribution is -1.98. The maximum absolute atomic E-state index is 12.2. The molecule has 0 saturated heterocycles. The number of hydrogen-bond donors (Lipinski definition) is 0. The average molecular weight is 327 g/mol. The van der Waals surface area contributed by atoms with Crippen LogP contribution in [0, 0.1) is 0 Å². The van der Waals surface area contributed by atoms with Gasteiger partial charge in [-0.05, 0) is 30.7 Å². The molecule has 0 aliphatic carbocycles. The molecule has 0 atom stereocenters. The summed E-state index contributed by atoms with van der Waals surface area (Å²) in [5.41, 5.74) is 0.843. The number of hydrogen-bond acceptors (Lipinski definition) is 2. The molecule has 0 saturated carbocycles. The van der Waals surface area contributed by atoms with E-state index in [0.717, 1.165) is 12.0 Å². The van der Waals surface area contributed by atoms with Crippen LogP contribution in [-0.4, -0.2) is 5.78 Å². The van der Waals surface area contributed by atoms with Gasteiger partial charge >= 0.3 is 0 Å². The number of carbonyl (C=O) groups excluding carboxylic acids is 1. The van der Waals surface area contributed by atoms with E-state index in [1.807, 2.05) is 42.5 Å². The fourth-order valence-electron chi connectivity index (χ4n) is 2.54. The third kappa shape index (κ3) is 6.62. The maximum atomic E-state index is 12.2. The highest BCUT2D eigenvalue weighted by Gasteiger charge is 2.06. The summed E-state index contributed by atoms with van der Waals surface area (Å²) < 4.78 is 0. The molecule has 0 N–H and O–H groups in total. The van der Waals surface area contributed by atoms with Crippen LogP contribution in [-0.2, 0) is 0 Å². The van der Waals surface area contributed by atoms with Crippen molar-refractivity contribution in [2.24, 2.45) is 0 Å². The third-order valence-corrected chi connectivity index (χ3v) is 4.93. The van der Waals surface area contributed by atoms with Crippen LogP contribution in [0.3, 0.4) is 0 Å². The van der Waals surface area contributed by atoms with Crippen molar-refractivity contribution in [2.75, 3.05) is 0 Å². The molecule has 2 heteroatoms. The SMILES string of the molecule is CCCCCCCCC(=O)c1ccc(Sc2ccccc2)cc1. The zero-order valence-electron chi connectivity index (χ0n) is 14.0. The van der Waals surface area contributed by atoms with Gasteiger partial charge in [-0.2, -0.15) is 0 Å². The van der Waals surface area contributed by atoms with Crippen molar-refractivity contribution in [3.63, 3.8) is 0 Å². The summed E-state index contributed by atoms with van der Waals surface area (Å²) in [6.07, 6.45) is 8.01. The molecule has 0 amide bonds. The summed E-state index contributed by atoms with van der Waals surface area (Å²) in [6.45, 7) is 2.23. The van der Waals surface area contributed by atoms with Gasteiger partial charge < -0.3 is 0 Å². The minimum Gasteiger partial charge on any atom is -0.294 e. The molecule has 122 valence electrons. The Morgan fingerprint density at radius 2 is 1.39 bits per heavy atom. The van der Waals surface area contributed by atoms with Crippen LogP contribution < -0.4 is 0 Å². The van der Waals surface area contributed by atoms with Crippen LogP contribution in [0.2, 0.25) is 0 Å². The molecule has 23 heavy (non-hydrogen) atoms. The lowest BCUT2D eigenvalue weighted by Gasteiger charge is -2.04. The second-order valence-electron chi connectivity index (χ2n) is 5.88. The second kappa shape index (κ2) is 10.3. The molecule has 2 aromatic carbocycles. The number of Topliss-reactive ketones (excluding diaryl/α,β-unsaturated/α-hetero) is 1. The molecule has 0 radical (unpaired) electrons. The van der Waals surface area contributed by atoms with Gasteiger partial charge in [0.1, 0.15) is 0 Å². The molecule has 0 aliphatic heterocycles. The normalized spacial score (nSPS) is 10.7. The first-order chi connectivity index (χ1) is 11.3. The molecule has 0 heterocycles. The van der Waals surface area contributed by atoms with Crippen molar-refractivity contribution in [2.45, 2.75) is 61.7 Å². The molecular formula is C21H26OS. The fraction of sp³-hybridized carbons (Fsp3) is 0.381. The van der Waals surface area contributed by atoms with E-state index in [0.29, 0.717) is 6.42 Å². The van der Waals surface area contributed by atoms with Crippen LogP contribution in [0.25, 0.3) is 0 Å². The minimum absolute atomic E-state index is 0.275. The van der Waals surface area contributed by atoms with E-state index >= 15 is 0 Å². The zero-order chi connectivity index (χ0) is 16.3. The van der Waals surface area contributed by atoms with E-state index in [1.54, 1.807) is 11.8 Å². The zero-order valence-corrected chi connectivity index (χ0v) is 14.8. The number of carbonyl (C=O) groups is 1. The molecule has 2 aromatic rings. The van der Waals surface area contributed by atoms with Gasteiger partial charge in [-0.15, -0.1) is 0 Å². The first-order valence-electron chi connectivity index (χ1n) is 8.66. The lowest BCUT2D eigenvalue weighted by molar-refractivity contribution is 0.0979. The highest BCUT2D eigenvalue weighted by Crippen LogP contribution is 2.27. The first kappa shape index (κ1) is 17.8. The van der Waals surface area contributed by atoms with E-state index in [4.69, 9.17) is 0 Å². The second-order valence-corrected chi connectivity index (χ2v) is 7.03. The number of benzene rings is 2. The van der Waals surface area contributed by atoms with Gasteiger partial charge in [0.2, 0.25) is 0 Å². The Morgan fingerprint density at radius 3 is 2.09 bits per heavy atom. The molecule has 2 rings (SSSR count). The fourth-order valence-corrected chi connectivity index (χ4v) is 3.38. The summed E-state index contributed by atoms with van der Waals surface area (Å²) in [6, 6.07) is 18.3. The Balaban J connectivity index is 1.76. The van der Waals surface area contributed by atoms with Gasteiger partial charge in [-0.1, -0.05) is 81.1 Å². The number of unbranched alkanes of at least 4 members (excludes halogenated alkanes) is 5. The molecule has 0 spiro atoms. The summed E-state index contributed by atoms with van der Waals surface area (Å²) >= 11 is 1.73. The Kier molecular flexibility index (Phi) is 7.96. The van der Waals surface area contributed by atoms with Gasteiger partial charge in [0.05, 0.1) is 0 Å². The van der Waals surface area contributed by atoms with E-state index in [-0.39, 0.29) is 5.78 Å². The van der Waals surface area contributed by atoms with Crippen molar-refractivity contribution >= 4 is 17.5 Å². The van der Waals surface area contributed by atoms with Crippen molar-refractivity contribution < 1.29 is 4.79 Å². The van der Waals surface area contributed by atoms with Crippen molar-refractivity contribution in [1.82, 2.24) is 0 Å². The van der Waals surface area contributed by atoms with Crippen molar-refractivity contribution in [1.29, 1.82) is 0 Å². The maximum Gasteiger partial charge on any atom is 0.162 e. The van der Waals surface area contributed by atoms with E-state index < -0.39 is 0 Å². The van der Waals surface area contributed by atoms with Crippen LogP contribution in [0.1, 0.15) is 62.2 Å². The van der Waals surface area contributed by atoms with Gasteiger partial charge in [-0.25, -0.2) is 0 Å². The molecule has 0 unspecified atom stereocenters. The topological polar surface area (TPSA) is 17.1 Å². The standard InChI is InChI=1S/C21H26OS/c1-2-3-4-5-6-10-13-21(22)18-14-16-20(17-15-18)23-19-11-8-7-9-12-19/h7-9,11-12,14-17H,2-6,10,13H2,1H3.